The van der Waals surface area contributed by atoms with E-state index in [0.29, 0.717) is 5.75 Å². The molecule has 3 unspecified atom stereocenters. The maximum atomic E-state index is 12.4. The fourth-order valence-electron chi connectivity index (χ4n) is 2.43. The summed E-state index contributed by atoms with van der Waals surface area (Å²) in [6, 6.07) is 16.9. The zero-order valence-corrected chi connectivity index (χ0v) is 19.8. The van der Waals surface area contributed by atoms with Crippen molar-refractivity contribution in [1.29, 1.82) is 0 Å². The Morgan fingerprint density at radius 1 is 1.00 bits per heavy atom. The molecule has 0 fully saturated rings. The lowest BCUT2D eigenvalue weighted by Crippen LogP contribution is -2.48. The molecule has 3 atom stereocenters. The number of hydrogen-bond acceptors (Lipinski definition) is 7. The van der Waals surface area contributed by atoms with Crippen molar-refractivity contribution in [2.75, 3.05) is 18.6 Å². The Balaban J connectivity index is 0.000000582. The van der Waals surface area contributed by atoms with Gasteiger partial charge < -0.3 is 14.8 Å². The quantitative estimate of drug-likeness (QED) is 0.250. The second-order valence-corrected chi connectivity index (χ2v) is 12.0. The molecule has 0 amide bonds. The van der Waals surface area contributed by atoms with Gasteiger partial charge in [0.15, 0.2) is 10.1 Å². The first-order chi connectivity index (χ1) is 15.2. The molecule has 0 bridgehead atoms. The molecule has 2 aromatic carbocycles. The van der Waals surface area contributed by atoms with Crippen LogP contribution in [0.25, 0.3) is 0 Å². The van der Waals surface area contributed by atoms with Gasteiger partial charge in [0.25, 0.3) is 0 Å². The van der Waals surface area contributed by atoms with Crippen molar-refractivity contribution >= 4 is 31.0 Å². The van der Waals surface area contributed by atoms with Crippen LogP contribution in [-0.2, 0) is 36.8 Å². The first-order valence-electron chi connectivity index (χ1n) is 9.19. The number of aliphatic hydroxyl groups excluding tert-OH is 2. The Bertz CT molecular complexity index is 1050. The lowest BCUT2D eigenvalue weighted by molar-refractivity contribution is -0.0517. The number of sulfonamides is 1. The first kappa shape index (κ1) is 29.4. The van der Waals surface area contributed by atoms with Crippen molar-refractivity contribution in [3.63, 3.8) is 0 Å². The SMILES string of the molecule is C[S+](Cc1ccccc1)CC(O)C(CO)NS(=O)(=O)c1ccccc1.O=S(=O)([O-])C(F)(F)F. The molecule has 8 nitrogen and oxygen atoms in total. The minimum Gasteiger partial charge on any atom is -0.741 e. The van der Waals surface area contributed by atoms with Gasteiger partial charge in [0.2, 0.25) is 10.0 Å². The Labute approximate surface area is 193 Å². The van der Waals surface area contributed by atoms with E-state index in [2.05, 4.69) is 4.72 Å². The van der Waals surface area contributed by atoms with E-state index in [0.717, 1.165) is 5.75 Å². The van der Waals surface area contributed by atoms with E-state index in [1.807, 2.05) is 36.6 Å². The van der Waals surface area contributed by atoms with Crippen LogP contribution < -0.4 is 4.72 Å². The highest BCUT2D eigenvalue weighted by Gasteiger charge is 2.37. The standard InChI is InChI=1S/C18H24NO4S2.CHF3O3S/c1-24(13-15-8-4-2-5-9-15)14-18(21)17(12-20)19-25(22,23)16-10-6-3-7-11-16;2-1(3,4)8(5,6)7/h2-11,17-21H,12-14H2,1H3;(H,5,6,7)/q+1;/p-1. The molecule has 0 saturated carbocycles. The van der Waals surface area contributed by atoms with E-state index in [4.69, 9.17) is 13.0 Å². The zero-order chi connectivity index (χ0) is 25.3. The fraction of sp³-hybridized carbons (Fsp3) is 0.368. The third-order valence-electron chi connectivity index (χ3n) is 4.02. The number of benzene rings is 2. The van der Waals surface area contributed by atoms with Crippen LogP contribution in [0.4, 0.5) is 13.2 Å². The van der Waals surface area contributed by atoms with E-state index in [1.54, 1.807) is 18.2 Å². The smallest absolute Gasteiger partial charge is 0.485 e. The summed E-state index contributed by atoms with van der Waals surface area (Å²) in [6.45, 7) is -0.463. The van der Waals surface area contributed by atoms with Gasteiger partial charge in [-0.2, -0.15) is 13.2 Å². The van der Waals surface area contributed by atoms with Crippen LogP contribution in [0.2, 0.25) is 0 Å². The summed E-state index contributed by atoms with van der Waals surface area (Å²) < 4.78 is 86.0. The zero-order valence-electron chi connectivity index (χ0n) is 17.3. The van der Waals surface area contributed by atoms with Crippen LogP contribution in [0.15, 0.2) is 65.6 Å². The third kappa shape index (κ3) is 10.4. The minimum atomic E-state index is -6.09. The van der Waals surface area contributed by atoms with Crippen LogP contribution in [-0.4, -0.2) is 67.9 Å². The molecular formula is C19H24F3NO7S3. The highest BCUT2D eigenvalue weighted by atomic mass is 32.2. The molecule has 14 heteroatoms. The predicted octanol–water partition coefficient (Wildman–Crippen LogP) is 1.19. The van der Waals surface area contributed by atoms with Crippen LogP contribution >= 0.6 is 0 Å². The van der Waals surface area contributed by atoms with Gasteiger partial charge in [0, 0.05) is 5.56 Å². The van der Waals surface area contributed by atoms with Crippen LogP contribution in [0.3, 0.4) is 0 Å². The molecule has 2 aromatic rings. The Morgan fingerprint density at radius 2 is 1.45 bits per heavy atom. The molecule has 0 aromatic heterocycles. The Kier molecular flexibility index (Phi) is 11.3. The van der Waals surface area contributed by atoms with Gasteiger partial charge in [-0.25, -0.2) is 21.6 Å². The average molecular weight is 532 g/mol. The summed E-state index contributed by atoms with van der Waals surface area (Å²) in [6.07, 6.45) is 1.07. The summed E-state index contributed by atoms with van der Waals surface area (Å²) in [5.41, 5.74) is -4.47. The van der Waals surface area contributed by atoms with Gasteiger partial charge in [0.1, 0.15) is 17.6 Å². The number of halogens is 3. The van der Waals surface area contributed by atoms with Crippen molar-refractivity contribution in [1.82, 2.24) is 4.72 Å². The molecule has 0 spiro atoms. The summed E-state index contributed by atoms with van der Waals surface area (Å²) in [7, 11) is -10.0. The van der Waals surface area contributed by atoms with E-state index < -0.39 is 44.4 Å². The molecule has 2 rings (SSSR count). The highest BCUT2D eigenvalue weighted by molar-refractivity contribution is 7.95. The number of alkyl halides is 3. The molecule has 0 aliphatic rings. The largest absolute Gasteiger partial charge is 0.741 e. The maximum Gasteiger partial charge on any atom is 0.485 e. The van der Waals surface area contributed by atoms with E-state index in [-0.39, 0.29) is 15.8 Å². The highest BCUT2D eigenvalue weighted by Crippen LogP contribution is 2.20. The lowest BCUT2D eigenvalue weighted by atomic mass is 10.2. The molecule has 0 radical (unpaired) electrons. The fourth-order valence-corrected chi connectivity index (χ4v) is 5.41. The monoisotopic (exact) mass is 531 g/mol. The lowest BCUT2D eigenvalue weighted by Gasteiger charge is -2.21. The Morgan fingerprint density at radius 3 is 1.88 bits per heavy atom. The van der Waals surface area contributed by atoms with Gasteiger partial charge in [0.05, 0.1) is 23.8 Å². The van der Waals surface area contributed by atoms with Gasteiger partial charge in [-0.15, -0.1) is 0 Å². The van der Waals surface area contributed by atoms with Gasteiger partial charge >= 0.3 is 5.51 Å². The first-order valence-corrected chi connectivity index (χ1v) is 14.0. The molecule has 3 N–H and O–H groups in total. The van der Waals surface area contributed by atoms with Crippen LogP contribution in [0, 0.1) is 0 Å². The average Bonchev–Trinajstić information content (AvgIpc) is 2.72. The molecule has 0 aliphatic carbocycles. The minimum absolute atomic E-state index is 0.112. The maximum absolute atomic E-state index is 12.4. The van der Waals surface area contributed by atoms with Gasteiger partial charge in [-0.3, -0.25) is 0 Å². The van der Waals surface area contributed by atoms with Crippen molar-refractivity contribution in [3.05, 3.63) is 66.2 Å². The summed E-state index contributed by atoms with van der Waals surface area (Å²) in [4.78, 5) is 0.112. The molecule has 186 valence electrons. The van der Waals surface area contributed by atoms with Crippen molar-refractivity contribution < 1.29 is 44.8 Å². The van der Waals surface area contributed by atoms with Gasteiger partial charge in [-0.05, 0) is 23.0 Å². The molecule has 0 heterocycles. The van der Waals surface area contributed by atoms with E-state index >= 15 is 0 Å². The van der Waals surface area contributed by atoms with Crippen LogP contribution in [0.5, 0.6) is 0 Å². The normalized spacial score (nSPS) is 15.1. The summed E-state index contributed by atoms with van der Waals surface area (Å²) >= 11 is 0. The molecule has 33 heavy (non-hydrogen) atoms. The van der Waals surface area contributed by atoms with E-state index in [9.17, 15) is 31.8 Å². The number of nitrogens with one attached hydrogen (secondary N) is 1. The topological polar surface area (TPSA) is 144 Å². The number of aliphatic hydroxyl groups is 2. The van der Waals surface area contributed by atoms with Gasteiger partial charge in [-0.1, -0.05) is 48.5 Å². The second-order valence-electron chi connectivity index (χ2n) is 6.77. The van der Waals surface area contributed by atoms with Crippen molar-refractivity contribution in [2.45, 2.75) is 28.3 Å². The van der Waals surface area contributed by atoms with Crippen molar-refractivity contribution in [2.24, 2.45) is 0 Å². The predicted molar refractivity (Wildman–Crippen MR) is 118 cm³/mol. The Hall–Kier alpha value is -1.68. The molecule has 0 saturated heterocycles. The summed E-state index contributed by atoms with van der Waals surface area (Å²) in [5, 5.41) is 19.9. The third-order valence-corrected chi connectivity index (χ3v) is 7.83. The summed E-state index contributed by atoms with van der Waals surface area (Å²) in [5.74, 6) is 1.22. The van der Waals surface area contributed by atoms with Crippen LogP contribution in [0.1, 0.15) is 5.56 Å². The number of rotatable bonds is 9. The van der Waals surface area contributed by atoms with E-state index in [1.165, 1.54) is 17.7 Å². The molecule has 0 aliphatic heterocycles. The second kappa shape index (κ2) is 12.7. The number of hydrogen-bond donors (Lipinski definition) is 3. The molecular weight excluding hydrogens is 507 g/mol. The van der Waals surface area contributed by atoms with Crippen molar-refractivity contribution in [3.8, 4) is 0 Å².